The Morgan fingerprint density at radius 3 is 3.06 bits per heavy atom. The Labute approximate surface area is 110 Å². The average molecular weight is 246 g/mol. The molecule has 1 heterocycles. The summed E-state index contributed by atoms with van der Waals surface area (Å²) in [6.07, 6.45) is 9.49. The van der Waals surface area contributed by atoms with Gasteiger partial charge in [0.25, 0.3) is 0 Å². The number of aryl methyl sites for hydroxylation is 1. The standard InChI is InChI=1S/C16H22O2/c1-2-3-4-5-6-8-14-9-7-10-15(11-14)17-12-16-13-18-16/h2-3,7,9-11,16H,4-6,8,12-13H2,1H3/b3-2+. The first-order chi connectivity index (χ1) is 8.88. The third-order valence-corrected chi connectivity index (χ3v) is 3.06. The molecule has 1 aliphatic rings. The molecule has 0 radical (unpaired) electrons. The van der Waals surface area contributed by atoms with Crippen LogP contribution in [-0.2, 0) is 11.2 Å². The fourth-order valence-electron chi connectivity index (χ4n) is 1.90. The van der Waals surface area contributed by atoms with Gasteiger partial charge in [-0.15, -0.1) is 0 Å². The second-order valence-corrected chi connectivity index (χ2v) is 4.73. The predicted molar refractivity (Wildman–Crippen MR) is 74.0 cm³/mol. The number of ether oxygens (including phenoxy) is 2. The Balaban J connectivity index is 1.71. The highest BCUT2D eigenvalue weighted by molar-refractivity contribution is 5.28. The van der Waals surface area contributed by atoms with Gasteiger partial charge in [-0.1, -0.05) is 24.3 Å². The third kappa shape index (κ3) is 4.92. The molecule has 1 aromatic rings. The van der Waals surface area contributed by atoms with Gasteiger partial charge in [0.2, 0.25) is 0 Å². The van der Waals surface area contributed by atoms with E-state index in [1.165, 1.54) is 24.8 Å². The molecular formula is C16H22O2. The minimum absolute atomic E-state index is 0.328. The number of unbranched alkanes of at least 4 members (excludes halogenated alkanes) is 2. The molecule has 0 bridgehead atoms. The molecule has 2 nitrogen and oxygen atoms in total. The highest BCUT2D eigenvalue weighted by atomic mass is 16.6. The molecule has 0 N–H and O–H groups in total. The van der Waals surface area contributed by atoms with E-state index in [4.69, 9.17) is 9.47 Å². The Bertz CT molecular complexity index is 380. The zero-order valence-electron chi connectivity index (χ0n) is 11.1. The van der Waals surface area contributed by atoms with Crippen LogP contribution in [0.15, 0.2) is 36.4 Å². The van der Waals surface area contributed by atoms with Crippen LogP contribution in [0.4, 0.5) is 0 Å². The highest BCUT2D eigenvalue weighted by Gasteiger charge is 2.22. The summed E-state index contributed by atoms with van der Waals surface area (Å²) in [6.45, 7) is 3.61. The molecule has 2 heteroatoms. The van der Waals surface area contributed by atoms with Gasteiger partial charge in [0.05, 0.1) is 6.61 Å². The number of allylic oxidation sites excluding steroid dienone is 2. The molecule has 1 aliphatic heterocycles. The van der Waals surface area contributed by atoms with Crippen molar-refractivity contribution in [1.82, 2.24) is 0 Å². The minimum Gasteiger partial charge on any atom is -0.491 e. The Morgan fingerprint density at radius 2 is 2.28 bits per heavy atom. The zero-order valence-corrected chi connectivity index (χ0v) is 11.1. The molecule has 98 valence electrons. The first-order valence-corrected chi connectivity index (χ1v) is 6.83. The molecule has 1 unspecified atom stereocenters. The molecule has 0 saturated carbocycles. The van der Waals surface area contributed by atoms with Gasteiger partial charge in [0.15, 0.2) is 0 Å². The van der Waals surface area contributed by atoms with Crippen molar-refractivity contribution in [2.75, 3.05) is 13.2 Å². The van der Waals surface area contributed by atoms with Crippen LogP contribution in [0.5, 0.6) is 5.75 Å². The SMILES string of the molecule is C/C=C/CCCCc1cccc(OCC2CO2)c1. The molecule has 1 atom stereocenters. The molecule has 0 amide bonds. The van der Waals surface area contributed by atoms with Gasteiger partial charge in [-0.3, -0.25) is 0 Å². The van der Waals surface area contributed by atoms with Crippen molar-refractivity contribution < 1.29 is 9.47 Å². The van der Waals surface area contributed by atoms with Gasteiger partial charge in [0.1, 0.15) is 18.5 Å². The van der Waals surface area contributed by atoms with Crippen molar-refractivity contribution in [3.8, 4) is 5.75 Å². The molecule has 0 spiro atoms. The second kappa shape index (κ2) is 7.22. The zero-order chi connectivity index (χ0) is 12.6. The van der Waals surface area contributed by atoms with E-state index in [0.717, 1.165) is 18.8 Å². The Morgan fingerprint density at radius 1 is 1.39 bits per heavy atom. The number of epoxide rings is 1. The lowest BCUT2D eigenvalue weighted by molar-refractivity contribution is 0.263. The van der Waals surface area contributed by atoms with Crippen LogP contribution in [0.2, 0.25) is 0 Å². The maximum atomic E-state index is 5.68. The second-order valence-electron chi connectivity index (χ2n) is 4.73. The number of hydrogen-bond donors (Lipinski definition) is 0. The van der Waals surface area contributed by atoms with E-state index < -0.39 is 0 Å². The van der Waals surface area contributed by atoms with Crippen LogP contribution < -0.4 is 4.74 Å². The molecule has 1 aromatic carbocycles. The topological polar surface area (TPSA) is 21.8 Å². The molecule has 0 aromatic heterocycles. The van der Waals surface area contributed by atoms with E-state index in [1.807, 2.05) is 6.07 Å². The van der Waals surface area contributed by atoms with Crippen LogP contribution in [0.1, 0.15) is 31.7 Å². The lowest BCUT2D eigenvalue weighted by atomic mass is 10.1. The van der Waals surface area contributed by atoms with Crippen LogP contribution >= 0.6 is 0 Å². The van der Waals surface area contributed by atoms with Crippen molar-refractivity contribution in [3.63, 3.8) is 0 Å². The summed E-state index contributed by atoms with van der Waals surface area (Å²) in [5.41, 5.74) is 1.37. The molecule has 1 saturated heterocycles. The summed E-state index contributed by atoms with van der Waals surface area (Å²) >= 11 is 0. The van der Waals surface area contributed by atoms with Gasteiger partial charge in [-0.05, 0) is 50.3 Å². The Kier molecular flexibility index (Phi) is 5.28. The van der Waals surface area contributed by atoms with E-state index in [1.54, 1.807) is 0 Å². The van der Waals surface area contributed by atoms with Crippen molar-refractivity contribution in [3.05, 3.63) is 42.0 Å². The van der Waals surface area contributed by atoms with Gasteiger partial charge < -0.3 is 9.47 Å². The summed E-state index contributed by atoms with van der Waals surface area (Å²) in [5.74, 6) is 0.969. The summed E-state index contributed by atoms with van der Waals surface area (Å²) in [7, 11) is 0. The van der Waals surface area contributed by atoms with Gasteiger partial charge in [0, 0.05) is 0 Å². The number of rotatable bonds is 8. The maximum absolute atomic E-state index is 5.68. The Hall–Kier alpha value is -1.28. The predicted octanol–water partition coefficient (Wildman–Crippen LogP) is 3.75. The van der Waals surface area contributed by atoms with Crippen LogP contribution in [0.25, 0.3) is 0 Å². The van der Waals surface area contributed by atoms with E-state index in [2.05, 4.69) is 37.3 Å². The van der Waals surface area contributed by atoms with E-state index in [9.17, 15) is 0 Å². The molecule has 1 fully saturated rings. The quantitative estimate of drug-likeness (QED) is 0.396. The maximum Gasteiger partial charge on any atom is 0.119 e. The van der Waals surface area contributed by atoms with Crippen molar-refractivity contribution in [1.29, 1.82) is 0 Å². The summed E-state index contributed by atoms with van der Waals surface area (Å²) in [5, 5.41) is 0. The van der Waals surface area contributed by atoms with E-state index in [0.29, 0.717) is 12.7 Å². The monoisotopic (exact) mass is 246 g/mol. The fourth-order valence-corrected chi connectivity index (χ4v) is 1.90. The fraction of sp³-hybridized carbons (Fsp3) is 0.500. The third-order valence-electron chi connectivity index (χ3n) is 3.06. The van der Waals surface area contributed by atoms with Gasteiger partial charge in [-0.2, -0.15) is 0 Å². The van der Waals surface area contributed by atoms with Crippen LogP contribution in [-0.4, -0.2) is 19.3 Å². The summed E-state index contributed by atoms with van der Waals surface area (Å²) < 4.78 is 10.8. The first kappa shape index (κ1) is 13.2. The van der Waals surface area contributed by atoms with Crippen molar-refractivity contribution >= 4 is 0 Å². The smallest absolute Gasteiger partial charge is 0.119 e. The highest BCUT2D eigenvalue weighted by Crippen LogP contribution is 2.18. The molecule has 2 rings (SSSR count). The molecule has 0 aliphatic carbocycles. The van der Waals surface area contributed by atoms with E-state index >= 15 is 0 Å². The molecule has 18 heavy (non-hydrogen) atoms. The largest absolute Gasteiger partial charge is 0.491 e. The summed E-state index contributed by atoms with van der Waals surface area (Å²) in [4.78, 5) is 0. The van der Waals surface area contributed by atoms with Crippen molar-refractivity contribution in [2.45, 2.75) is 38.7 Å². The average Bonchev–Trinajstić information content (AvgIpc) is 3.21. The number of hydrogen-bond acceptors (Lipinski definition) is 2. The number of benzene rings is 1. The van der Waals surface area contributed by atoms with Crippen LogP contribution in [0, 0.1) is 0 Å². The normalized spacial score (nSPS) is 18.2. The summed E-state index contributed by atoms with van der Waals surface area (Å²) in [6, 6.07) is 8.42. The first-order valence-electron chi connectivity index (χ1n) is 6.83. The van der Waals surface area contributed by atoms with Crippen molar-refractivity contribution in [2.24, 2.45) is 0 Å². The lowest BCUT2D eigenvalue weighted by Gasteiger charge is -2.06. The lowest BCUT2D eigenvalue weighted by Crippen LogP contribution is -2.04. The minimum atomic E-state index is 0.328. The molecular weight excluding hydrogens is 224 g/mol. The van der Waals surface area contributed by atoms with Crippen LogP contribution in [0.3, 0.4) is 0 Å². The van der Waals surface area contributed by atoms with Gasteiger partial charge in [-0.25, -0.2) is 0 Å². The van der Waals surface area contributed by atoms with E-state index in [-0.39, 0.29) is 0 Å². The van der Waals surface area contributed by atoms with Gasteiger partial charge >= 0.3 is 0 Å².